The van der Waals surface area contributed by atoms with E-state index >= 15 is 0 Å². The molecule has 0 fully saturated rings. The molecular formula is C2H5ClF2. The van der Waals surface area contributed by atoms with E-state index in [4.69, 9.17) is 0 Å². The minimum Gasteiger partial charge on any atom is -0.248 e. The first-order valence-electron chi connectivity index (χ1n) is 1.03. The van der Waals surface area contributed by atoms with Crippen LogP contribution in [0, 0.1) is 0 Å². The maximum atomic E-state index is 10.3. The molecule has 34 valence electrons. The maximum absolute atomic E-state index is 10.3. The lowest BCUT2D eigenvalue weighted by Gasteiger charge is -1.61. The fourth-order valence-electron chi connectivity index (χ4n) is 0. The molecule has 0 bridgehead atoms. The number of alkyl halides is 2. The molecule has 0 aliphatic rings. The van der Waals surface area contributed by atoms with Crippen molar-refractivity contribution >= 4 is 12.4 Å². The van der Waals surface area contributed by atoms with Crippen LogP contribution in [0.5, 0.6) is 0 Å². The fourth-order valence-corrected chi connectivity index (χ4v) is 0. The highest BCUT2D eigenvalue weighted by atomic mass is 35.5. The average molecular weight is 103 g/mol. The van der Waals surface area contributed by atoms with Gasteiger partial charge in [0.25, 0.3) is 0 Å². The van der Waals surface area contributed by atoms with Gasteiger partial charge in [0.2, 0.25) is 0 Å². The second-order valence-electron chi connectivity index (χ2n) is 0.378. The molecule has 0 amide bonds. The van der Waals surface area contributed by atoms with Crippen LogP contribution in [-0.4, -0.2) is 13.3 Å². The number of hydrogen-bond acceptors (Lipinski definition) is 0. The molecule has 0 aliphatic carbocycles. The molecule has 0 aromatic rings. The molecule has 0 radical (unpaired) electrons. The summed E-state index contributed by atoms with van der Waals surface area (Å²) in [6.45, 7) is -1.69. The van der Waals surface area contributed by atoms with E-state index in [0.29, 0.717) is 0 Å². The van der Waals surface area contributed by atoms with Crippen LogP contribution in [0.15, 0.2) is 0 Å². The Labute approximate surface area is 35.6 Å². The topological polar surface area (TPSA) is 0 Å². The van der Waals surface area contributed by atoms with Gasteiger partial charge in [-0.25, -0.2) is 8.78 Å². The molecule has 0 heterocycles. The molecule has 5 heavy (non-hydrogen) atoms. The largest absolute Gasteiger partial charge is 0.248 e. The Kier molecular flexibility index (Phi) is 15.9. The van der Waals surface area contributed by atoms with E-state index in [-0.39, 0.29) is 12.4 Å². The summed E-state index contributed by atoms with van der Waals surface area (Å²) in [5.74, 6) is 0. The highest BCUT2D eigenvalue weighted by molar-refractivity contribution is 5.85. The van der Waals surface area contributed by atoms with Gasteiger partial charge in [0, 0.05) is 0 Å². The predicted molar refractivity (Wildman–Crippen MR) is 19.2 cm³/mol. The van der Waals surface area contributed by atoms with Crippen molar-refractivity contribution in [3.05, 3.63) is 0 Å². The molecule has 3 heteroatoms. The Morgan fingerprint density at radius 3 is 1.20 bits per heavy atom. The van der Waals surface area contributed by atoms with Crippen molar-refractivity contribution in [2.24, 2.45) is 0 Å². The number of rotatable bonds is 1. The third-order valence-electron chi connectivity index (χ3n) is 0.0714. The van der Waals surface area contributed by atoms with Gasteiger partial charge in [-0.2, -0.15) is 0 Å². The Morgan fingerprint density at radius 1 is 1.00 bits per heavy atom. The Hall–Kier alpha value is 0.150. The summed E-state index contributed by atoms with van der Waals surface area (Å²) in [4.78, 5) is 0. The van der Waals surface area contributed by atoms with Crippen LogP contribution >= 0.6 is 12.4 Å². The standard InChI is InChI=1S/C2H4F2.ClH/c3-1-2-4;/h1-2H2;1H. The molecule has 0 aliphatic heterocycles. The van der Waals surface area contributed by atoms with Crippen LogP contribution < -0.4 is 0 Å². The van der Waals surface area contributed by atoms with E-state index in [1.165, 1.54) is 0 Å². The highest BCUT2D eigenvalue weighted by Crippen LogP contribution is 1.63. The molecule has 0 saturated carbocycles. The minimum absolute atomic E-state index is 0. The maximum Gasteiger partial charge on any atom is 0.118 e. The van der Waals surface area contributed by atoms with Crippen LogP contribution in [0.3, 0.4) is 0 Å². The van der Waals surface area contributed by atoms with E-state index < -0.39 is 13.3 Å². The average Bonchev–Trinajstić information content (AvgIpc) is 1.37. The molecule has 0 atom stereocenters. The Morgan fingerprint density at radius 2 is 1.20 bits per heavy atom. The smallest absolute Gasteiger partial charge is 0.118 e. The summed E-state index contributed by atoms with van der Waals surface area (Å²) >= 11 is 0. The van der Waals surface area contributed by atoms with Gasteiger partial charge in [-0.15, -0.1) is 12.4 Å². The molecule has 0 rings (SSSR count). The zero-order valence-corrected chi connectivity index (χ0v) is 3.39. The van der Waals surface area contributed by atoms with Gasteiger partial charge in [-0.05, 0) is 0 Å². The van der Waals surface area contributed by atoms with E-state index in [9.17, 15) is 8.78 Å². The Bertz CT molecular complexity index is 9.61. The number of hydrogen-bond donors (Lipinski definition) is 0. The van der Waals surface area contributed by atoms with Gasteiger partial charge in [-0.1, -0.05) is 0 Å². The highest BCUT2D eigenvalue weighted by Gasteiger charge is 1.65. The van der Waals surface area contributed by atoms with Gasteiger partial charge in [0.05, 0.1) is 0 Å². The molecule has 0 aromatic carbocycles. The fraction of sp³-hybridized carbons (Fsp3) is 1.00. The molecule has 0 N–H and O–H groups in total. The van der Waals surface area contributed by atoms with Crippen molar-refractivity contribution in [1.82, 2.24) is 0 Å². The summed E-state index contributed by atoms with van der Waals surface area (Å²) in [5, 5.41) is 0. The lowest BCUT2D eigenvalue weighted by Crippen LogP contribution is -1.68. The van der Waals surface area contributed by atoms with Crippen LogP contribution in [0.2, 0.25) is 0 Å². The summed E-state index contributed by atoms with van der Waals surface area (Å²) in [6, 6.07) is 0. The van der Waals surface area contributed by atoms with E-state index in [0.717, 1.165) is 0 Å². The van der Waals surface area contributed by atoms with Gasteiger partial charge in [0.1, 0.15) is 13.3 Å². The zero-order chi connectivity index (χ0) is 3.41. The van der Waals surface area contributed by atoms with Gasteiger partial charge in [0.15, 0.2) is 0 Å². The van der Waals surface area contributed by atoms with Crippen molar-refractivity contribution in [2.75, 3.05) is 13.3 Å². The third-order valence-corrected chi connectivity index (χ3v) is 0.0714. The van der Waals surface area contributed by atoms with Crippen LogP contribution in [0.1, 0.15) is 0 Å². The summed E-state index contributed by atoms with van der Waals surface area (Å²) in [5.41, 5.74) is 0. The second-order valence-corrected chi connectivity index (χ2v) is 0.378. The van der Waals surface area contributed by atoms with E-state index in [2.05, 4.69) is 0 Å². The van der Waals surface area contributed by atoms with Crippen molar-refractivity contribution in [1.29, 1.82) is 0 Å². The summed E-state index contributed by atoms with van der Waals surface area (Å²) in [7, 11) is 0. The molecule has 0 saturated heterocycles. The van der Waals surface area contributed by atoms with E-state index in [1.807, 2.05) is 0 Å². The molecular weight excluding hydrogens is 97.5 g/mol. The molecule has 0 spiro atoms. The van der Waals surface area contributed by atoms with Gasteiger partial charge in [-0.3, -0.25) is 0 Å². The monoisotopic (exact) mass is 102 g/mol. The van der Waals surface area contributed by atoms with Crippen LogP contribution in [-0.2, 0) is 0 Å². The number of halogens is 3. The SMILES string of the molecule is Cl.FCCF. The van der Waals surface area contributed by atoms with Crippen LogP contribution in [0.25, 0.3) is 0 Å². The second kappa shape index (κ2) is 8.91. The lowest BCUT2D eigenvalue weighted by atomic mass is 10.9. The molecule has 0 nitrogen and oxygen atoms in total. The van der Waals surface area contributed by atoms with Crippen LogP contribution in [0.4, 0.5) is 8.78 Å². The van der Waals surface area contributed by atoms with Gasteiger partial charge < -0.3 is 0 Å². The van der Waals surface area contributed by atoms with Crippen molar-refractivity contribution in [2.45, 2.75) is 0 Å². The zero-order valence-electron chi connectivity index (χ0n) is 2.58. The first kappa shape index (κ1) is 8.94. The van der Waals surface area contributed by atoms with Gasteiger partial charge >= 0.3 is 0 Å². The normalized spacial score (nSPS) is 6.00. The third kappa shape index (κ3) is 14.5. The van der Waals surface area contributed by atoms with Crippen molar-refractivity contribution < 1.29 is 8.78 Å². The van der Waals surface area contributed by atoms with Crippen molar-refractivity contribution in [3.8, 4) is 0 Å². The predicted octanol–water partition coefficient (Wildman–Crippen LogP) is 1.35. The van der Waals surface area contributed by atoms with E-state index in [1.54, 1.807) is 0 Å². The van der Waals surface area contributed by atoms with Crippen molar-refractivity contribution in [3.63, 3.8) is 0 Å². The first-order chi connectivity index (χ1) is 1.91. The quantitative estimate of drug-likeness (QED) is 0.469. The summed E-state index contributed by atoms with van der Waals surface area (Å²) < 4.78 is 20.7. The molecule has 0 aromatic heterocycles. The minimum atomic E-state index is -0.847. The summed E-state index contributed by atoms with van der Waals surface area (Å²) in [6.07, 6.45) is 0. The molecule has 0 unspecified atom stereocenters. The Balaban J connectivity index is 0. The first-order valence-corrected chi connectivity index (χ1v) is 1.03. The lowest BCUT2D eigenvalue weighted by molar-refractivity contribution is 0.380.